The second kappa shape index (κ2) is 8.60. The van der Waals surface area contributed by atoms with E-state index < -0.39 is 15.1 Å². The molecule has 0 spiro atoms. The van der Waals surface area contributed by atoms with Crippen LogP contribution in [-0.2, 0) is 31.6 Å². The molecule has 28 heavy (non-hydrogen) atoms. The molecular weight excluding hydrogens is 380 g/mol. The largest absolute Gasteiger partial charge is 0.468 e. The molecule has 0 atom stereocenters. The van der Waals surface area contributed by atoms with Crippen LogP contribution >= 0.6 is 0 Å². The van der Waals surface area contributed by atoms with E-state index in [1.54, 1.807) is 29.2 Å². The SMILES string of the molecule is CC(=O)Nc1ccc(CC(=O)N2CCC(S(=O)(=O)Cc3ccco3)CC2)cc1. The lowest BCUT2D eigenvalue weighted by Crippen LogP contribution is -2.43. The van der Waals surface area contributed by atoms with Crippen LogP contribution in [0.1, 0.15) is 31.1 Å². The number of nitrogens with one attached hydrogen (secondary N) is 1. The summed E-state index contributed by atoms with van der Waals surface area (Å²) < 4.78 is 30.2. The van der Waals surface area contributed by atoms with Gasteiger partial charge in [0.05, 0.1) is 17.9 Å². The molecule has 1 aliphatic heterocycles. The molecule has 7 nitrogen and oxygen atoms in total. The van der Waals surface area contributed by atoms with Crippen LogP contribution in [0.3, 0.4) is 0 Å². The van der Waals surface area contributed by atoms with Crippen molar-refractivity contribution in [3.05, 3.63) is 54.0 Å². The van der Waals surface area contributed by atoms with Gasteiger partial charge in [0.25, 0.3) is 0 Å². The summed E-state index contributed by atoms with van der Waals surface area (Å²) in [6.45, 7) is 2.31. The van der Waals surface area contributed by atoms with E-state index in [-0.39, 0.29) is 24.0 Å². The number of furan rings is 1. The summed E-state index contributed by atoms with van der Waals surface area (Å²) in [4.78, 5) is 25.3. The molecule has 2 amide bonds. The van der Waals surface area contributed by atoms with E-state index in [2.05, 4.69) is 5.32 Å². The molecule has 0 radical (unpaired) electrons. The highest BCUT2D eigenvalue weighted by Gasteiger charge is 2.32. The summed E-state index contributed by atoms with van der Waals surface area (Å²) in [5, 5.41) is 2.24. The Bertz CT molecular complexity index is 912. The Kier molecular flexibility index (Phi) is 6.18. The van der Waals surface area contributed by atoms with Crippen molar-refractivity contribution in [1.82, 2.24) is 4.90 Å². The molecule has 150 valence electrons. The number of carbonyl (C=O) groups excluding carboxylic acids is 2. The van der Waals surface area contributed by atoms with Gasteiger partial charge in [-0.15, -0.1) is 0 Å². The number of piperidine rings is 1. The normalized spacial score (nSPS) is 15.4. The predicted molar refractivity (Wildman–Crippen MR) is 105 cm³/mol. The van der Waals surface area contributed by atoms with Crippen LogP contribution in [0.15, 0.2) is 47.1 Å². The number of amides is 2. The maximum Gasteiger partial charge on any atom is 0.226 e. The highest BCUT2D eigenvalue weighted by Crippen LogP contribution is 2.22. The Hall–Kier alpha value is -2.61. The van der Waals surface area contributed by atoms with Gasteiger partial charge >= 0.3 is 0 Å². The van der Waals surface area contributed by atoms with Crippen molar-refractivity contribution in [2.45, 2.75) is 37.2 Å². The molecule has 2 aromatic rings. The molecule has 0 bridgehead atoms. The summed E-state index contributed by atoms with van der Waals surface area (Å²) >= 11 is 0. The molecule has 0 aliphatic carbocycles. The second-order valence-electron chi connectivity index (χ2n) is 7.02. The van der Waals surface area contributed by atoms with Crippen LogP contribution in [0.2, 0.25) is 0 Å². The summed E-state index contributed by atoms with van der Waals surface area (Å²) in [5.41, 5.74) is 1.54. The lowest BCUT2D eigenvalue weighted by Gasteiger charge is -2.31. The Morgan fingerprint density at radius 1 is 1.14 bits per heavy atom. The van der Waals surface area contributed by atoms with Crippen molar-refractivity contribution in [2.75, 3.05) is 18.4 Å². The number of hydrogen-bond acceptors (Lipinski definition) is 5. The van der Waals surface area contributed by atoms with Crippen LogP contribution in [-0.4, -0.2) is 43.5 Å². The van der Waals surface area contributed by atoms with Crippen LogP contribution in [0.4, 0.5) is 5.69 Å². The standard InChI is InChI=1S/C20H24N2O5S/c1-15(23)21-17-6-4-16(5-7-17)13-20(24)22-10-8-19(9-11-22)28(25,26)14-18-3-2-12-27-18/h2-7,12,19H,8-11,13-14H2,1H3,(H,21,23). The summed E-state index contributed by atoms with van der Waals surface area (Å²) in [6, 6.07) is 10.5. The fraction of sp³-hybridized carbons (Fsp3) is 0.400. The fourth-order valence-electron chi connectivity index (χ4n) is 3.37. The van der Waals surface area contributed by atoms with Gasteiger partial charge in [0.1, 0.15) is 11.5 Å². The minimum Gasteiger partial charge on any atom is -0.468 e. The first-order chi connectivity index (χ1) is 13.3. The first-order valence-electron chi connectivity index (χ1n) is 9.22. The van der Waals surface area contributed by atoms with Gasteiger partial charge in [0.2, 0.25) is 11.8 Å². The Labute approximate surface area is 164 Å². The predicted octanol–water partition coefficient (Wildman–Crippen LogP) is 2.39. The van der Waals surface area contributed by atoms with E-state index in [0.717, 1.165) is 5.56 Å². The van der Waals surface area contributed by atoms with E-state index >= 15 is 0 Å². The van der Waals surface area contributed by atoms with E-state index in [1.807, 2.05) is 12.1 Å². The smallest absolute Gasteiger partial charge is 0.226 e. The number of anilines is 1. The van der Waals surface area contributed by atoms with Crippen molar-refractivity contribution in [1.29, 1.82) is 0 Å². The Morgan fingerprint density at radius 3 is 2.39 bits per heavy atom. The van der Waals surface area contributed by atoms with E-state index in [0.29, 0.717) is 37.4 Å². The van der Waals surface area contributed by atoms with Gasteiger partial charge in [0, 0.05) is 25.7 Å². The third kappa shape index (κ3) is 5.22. The maximum atomic E-state index is 12.5. The minimum atomic E-state index is -3.30. The zero-order valence-electron chi connectivity index (χ0n) is 15.8. The number of sulfone groups is 1. The Balaban J connectivity index is 1.51. The lowest BCUT2D eigenvalue weighted by atomic mass is 10.1. The molecule has 1 fully saturated rings. The fourth-order valence-corrected chi connectivity index (χ4v) is 5.10. The van der Waals surface area contributed by atoms with Crippen molar-refractivity contribution in [3.63, 3.8) is 0 Å². The van der Waals surface area contributed by atoms with Crippen LogP contribution in [0, 0.1) is 0 Å². The highest BCUT2D eigenvalue weighted by molar-refractivity contribution is 7.91. The van der Waals surface area contributed by atoms with Gasteiger partial charge in [-0.25, -0.2) is 8.42 Å². The molecule has 8 heteroatoms. The molecule has 1 aromatic heterocycles. The lowest BCUT2D eigenvalue weighted by molar-refractivity contribution is -0.131. The number of likely N-dealkylation sites (tertiary alicyclic amines) is 1. The quantitative estimate of drug-likeness (QED) is 0.797. The molecule has 0 unspecified atom stereocenters. The summed E-state index contributed by atoms with van der Waals surface area (Å²) in [6.07, 6.45) is 2.60. The number of carbonyl (C=O) groups is 2. The zero-order chi connectivity index (χ0) is 20.1. The Morgan fingerprint density at radius 2 is 1.82 bits per heavy atom. The van der Waals surface area contributed by atoms with Crippen LogP contribution < -0.4 is 5.32 Å². The van der Waals surface area contributed by atoms with Crippen molar-refractivity contribution >= 4 is 27.3 Å². The third-order valence-electron chi connectivity index (χ3n) is 4.86. The minimum absolute atomic E-state index is 0.0193. The third-order valence-corrected chi connectivity index (χ3v) is 7.03. The van der Waals surface area contributed by atoms with Gasteiger partial charge in [0.15, 0.2) is 9.84 Å². The molecule has 1 saturated heterocycles. The molecule has 1 N–H and O–H groups in total. The second-order valence-corrected chi connectivity index (χ2v) is 9.30. The average molecular weight is 404 g/mol. The summed E-state index contributed by atoms with van der Waals surface area (Å²) in [5.74, 6) is 0.184. The molecule has 2 heterocycles. The van der Waals surface area contributed by atoms with E-state index in [4.69, 9.17) is 4.42 Å². The number of benzene rings is 1. The van der Waals surface area contributed by atoms with Gasteiger partial charge in [-0.3, -0.25) is 9.59 Å². The van der Waals surface area contributed by atoms with Gasteiger partial charge < -0.3 is 14.6 Å². The van der Waals surface area contributed by atoms with Gasteiger partial charge in [-0.2, -0.15) is 0 Å². The molecular formula is C20H24N2O5S. The van der Waals surface area contributed by atoms with Crippen molar-refractivity contribution < 1.29 is 22.4 Å². The van der Waals surface area contributed by atoms with Gasteiger partial charge in [-0.05, 0) is 42.7 Å². The molecule has 0 saturated carbocycles. The zero-order valence-corrected chi connectivity index (χ0v) is 16.6. The average Bonchev–Trinajstić information content (AvgIpc) is 3.15. The molecule has 3 rings (SSSR count). The maximum absolute atomic E-state index is 12.5. The highest BCUT2D eigenvalue weighted by atomic mass is 32.2. The van der Waals surface area contributed by atoms with E-state index in [1.165, 1.54) is 13.2 Å². The monoisotopic (exact) mass is 404 g/mol. The van der Waals surface area contributed by atoms with Crippen LogP contribution in [0.5, 0.6) is 0 Å². The first kappa shape index (κ1) is 20.1. The van der Waals surface area contributed by atoms with Crippen molar-refractivity contribution in [3.8, 4) is 0 Å². The summed E-state index contributed by atoms with van der Waals surface area (Å²) in [7, 11) is -3.30. The molecule has 1 aliphatic rings. The van der Waals surface area contributed by atoms with E-state index in [9.17, 15) is 18.0 Å². The number of hydrogen-bond donors (Lipinski definition) is 1. The molecule has 1 aromatic carbocycles. The van der Waals surface area contributed by atoms with Crippen LogP contribution in [0.25, 0.3) is 0 Å². The number of rotatable bonds is 6. The van der Waals surface area contributed by atoms with Gasteiger partial charge in [-0.1, -0.05) is 12.1 Å². The first-order valence-corrected chi connectivity index (χ1v) is 10.9. The number of nitrogens with zero attached hydrogens (tertiary/aromatic N) is 1. The van der Waals surface area contributed by atoms with Crippen molar-refractivity contribution in [2.24, 2.45) is 0 Å². The topological polar surface area (TPSA) is 96.7 Å².